The topological polar surface area (TPSA) is 66.7 Å². The second kappa shape index (κ2) is 4.96. The summed E-state index contributed by atoms with van der Waals surface area (Å²) in [6.07, 6.45) is 0.676. The lowest BCUT2D eigenvalue weighted by atomic mass is 10.1. The molecule has 1 unspecified atom stereocenters. The van der Waals surface area contributed by atoms with Crippen LogP contribution in [-0.2, 0) is 6.42 Å². The Morgan fingerprint density at radius 3 is 2.60 bits per heavy atom. The van der Waals surface area contributed by atoms with Gasteiger partial charge in [-0.2, -0.15) is 0 Å². The highest BCUT2D eigenvalue weighted by atomic mass is 16.6. The molecule has 6 nitrogen and oxygen atoms in total. The van der Waals surface area contributed by atoms with Crippen LogP contribution in [-0.4, -0.2) is 59.8 Å². The summed E-state index contributed by atoms with van der Waals surface area (Å²) < 4.78 is 0. The highest BCUT2D eigenvalue weighted by molar-refractivity contribution is 6.05. The number of piperazine rings is 1. The van der Waals surface area contributed by atoms with Gasteiger partial charge in [0.1, 0.15) is 0 Å². The molecule has 0 saturated carbocycles. The zero-order valence-corrected chi connectivity index (χ0v) is 11.4. The first kappa shape index (κ1) is 13.2. The third-order valence-electron chi connectivity index (χ3n) is 4.26. The molecule has 106 valence electrons. The Labute approximate surface area is 117 Å². The van der Waals surface area contributed by atoms with Gasteiger partial charge in [-0.25, -0.2) is 0 Å². The summed E-state index contributed by atoms with van der Waals surface area (Å²) in [6, 6.07) is 4.49. The minimum Gasteiger partial charge on any atom is -0.304 e. The fourth-order valence-corrected chi connectivity index (χ4v) is 2.99. The predicted octanol–water partition coefficient (Wildman–Crippen LogP) is 0.950. The lowest BCUT2D eigenvalue weighted by Crippen LogP contribution is -2.50. The first-order chi connectivity index (χ1) is 9.56. The molecule has 2 aliphatic rings. The number of likely N-dealkylation sites (N-methyl/N-ethyl adjacent to an activating group) is 1. The van der Waals surface area contributed by atoms with Crippen LogP contribution in [0.2, 0.25) is 0 Å². The maximum atomic E-state index is 12.5. The van der Waals surface area contributed by atoms with Crippen LogP contribution in [0.4, 0.5) is 5.69 Å². The minimum atomic E-state index is -0.448. The van der Waals surface area contributed by atoms with Crippen molar-refractivity contribution in [3.63, 3.8) is 0 Å². The molecule has 1 aromatic rings. The van der Waals surface area contributed by atoms with Crippen molar-refractivity contribution >= 4 is 11.5 Å². The standard InChI is InChI=1S/C14H17N3O3/c1-15-4-6-16(7-5-15)13-8-10-2-3-11(17(19)20)9-12(10)14(13)18/h2-3,9,13H,4-8H2,1H3. The zero-order chi connectivity index (χ0) is 14.3. The number of nitro groups is 1. The van der Waals surface area contributed by atoms with E-state index in [9.17, 15) is 14.9 Å². The fraction of sp³-hybridized carbons (Fsp3) is 0.500. The van der Waals surface area contributed by atoms with Gasteiger partial charge in [0.2, 0.25) is 0 Å². The van der Waals surface area contributed by atoms with Crippen LogP contribution < -0.4 is 0 Å². The van der Waals surface area contributed by atoms with Crippen LogP contribution in [0.3, 0.4) is 0 Å². The van der Waals surface area contributed by atoms with Crippen molar-refractivity contribution in [2.75, 3.05) is 33.2 Å². The highest BCUT2D eigenvalue weighted by Gasteiger charge is 2.36. The number of ketones is 1. The van der Waals surface area contributed by atoms with E-state index in [1.54, 1.807) is 6.07 Å². The summed E-state index contributed by atoms with van der Waals surface area (Å²) in [7, 11) is 2.08. The van der Waals surface area contributed by atoms with E-state index in [4.69, 9.17) is 0 Å². The minimum absolute atomic E-state index is 0.00359. The lowest BCUT2D eigenvalue weighted by molar-refractivity contribution is -0.384. The van der Waals surface area contributed by atoms with Crippen molar-refractivity contribution in [3.05, 3.63) is 39.4 Å². The Morgan fingerprint density at radius 1 is 1.25 bits per heavy atom. The quantitative estimate of drug-likeness (QED) is 0.594. The number of hydrogen-bond acceptors (Lipinski definition) is 5. The molecule has 0 N–H and O–H groups in total. The largest absolute Gasteiger partial charge is 0.304 e. The molecule has 20 heavy (non-hydrogen) atoms. The maximum Gasteiger partial charge on any atom is 0.270 e. The van der Waals surface area contributed by atoms with Gasteiger partial charge in [0.25, 0.3) is 5.69 Å². The van der Waals surface area contributed by atoms with E-state index in [1.165, 1.54) is 12.1 Å². The van der Waals surface area contributed by atoms with Crippen molar-refractivity contribution in [1.29, 1.82) is 0 Å². The second-order valence-electron chi connectivity index (χ2n) is 5.52. The summed E-state index contributed by atoms with van der Waals surface area (Å²) in [6.45, 7) is 3.67. The third kappa shape index (κ3) is 2.21. The molecule has 1 atom stereocenters. The first-order valence-electron chi connectivity index (χ1n) is 6.80. The Morgan fingerprint density at radius 2 is 1.95 bits per heavy atom. The molecule has 1 heterocycles. The van der Waals surface area contributed by atoms with E-state index in [-0.39, 0.29) is 17.5 Å². The van der Waals surface area contributed by atoms with Gasteiger partial charge in [-0.1, -0.05) is 6.07 Å². The van der Waals surface area contributed by atoms with E-state index >= 15 is 0 Å². The van der Waals surface area contributed by atoms with Crippen LogP contribution in [0.5, 0.6) is 0 Å². The molecule has 1 fully saturated rings. The number of benzene rings is 1. The molecule has 6 heteroatoms. The van der Waals surface area contributed by atoms with Gasteiger partial charge in [-0.15, -0.1) is 0 Å². The Bertz CT molecular complexity index is 565. The molecular formula is C14H17N3O3. The lowest BCUT2D eigenvalue weighted by Gasteiger charge is -2.35. The summed E-state index contributed by atoms with van der Waals surface area (Å²) >= 11 is 0. The SMILES string of the molecule is CN1CCN(C2Cc3ccc([N+](=O)[O-])cc3C2=O)CC1. The van der Waals surface area contributed by atoms with Crippen LogP contribution in [0, 0.1) is 10.1 Å². The number of nitro benzene ring substituents is 1. The highest BCUT2D eigenvalue weighted by Crippen LogP contribution is 2.29. The number of rotatable bonds is 2. The second-order valence-corrected chi connectivity index (χ2v) is 5.52. The average molecular weight is 275 g/mol. The summed E-state index contributed by atoms with van der Waals surface area (Å²) in [5, 5.41) is 10.8. The molecule has 0 spiro atoms. The van der Waals surface area contributed by atoms with Crippen molar-refractivity contribution in [1.82, 2.24) is 9.80 Å². The molecule has 1 aromatic carbocycles. The van der Waals surface area contributed by atoms with Gasteiger partial charge in [0.05, 0.1) is 11.0 Å². The van der Waals surface area contributed by atoms with Crippen molar-refractivity contribution in [2.24, 2.45) is 0 Å². The van der Waals surface area contributed by atoms with Crippen LogP contribution in [0.1, 0.15) is 15.9 Å². The third-order valence-corrected chi connectivity index (χ3v) is 4.26. The Balaban J connectivity index is 1.82. The smallest absolute Gasteiger partial charge is 0.270 e. The number of hydrogen-bond donors (Lipinski definition) is 0. The molecule has 0 amide bonds. The molecule has 1 aliphatic heterocycles. The molecule has 1 saturated heterocycles. The van der Waals surface area contributed by atoms with Crippen molar-refractivity contribution < 1.29 is 9.72 Å². The predicted molar refractivity (Wildman–Crippen MR) is 74.0 cm³/mol. The van der Waals surface area contributed by atoms with Gasteiger partial charge in [-0.3, -0.25) is 19.8 Å². The average Bonchev–Trinajstić information content (AvgIpc) is 2.76. The maximum absolute atomic E-state index is 12.5. The van der Waals surface area contributed by atoms with E-state index in [2.05, 4.69) is 16.8 Å². The molecule has 0 aromatic heterocycles. The molecule has 0 radical (unpaired) electrons. The molecular weight excluding hydrogens is 258 g/mol. The van der Waals surface area contributed by atoms with Gasteiger partial charge >= 0.3 is 0 Å². The van der Waals surface area contributed by atoms with Gasteiger partial charge in [-0.05, 0) is 19.0 Å². The summed E-state index contributed by atoms with van der Waals surface area (Å²) in [4.78, 5) is 27.3. The van der Waals surface area contributed by atoms with E-state index in [0.717, 1.165) is 31.7 Å². The van der Waals surface area contributed by atoms with Crippen molar-refractivity contribution in [2.45, 2.75) is 12.5 Å². The molecule has 0 bridgehead atoms. The Kier molecular flexibility index (Phi) is 3.27. The van der Waals surface area contributed by atoms with E-state index in [0.29, 0.717) is 12.0 Å². The molecule has 1 aliphatic carbocycles. The number of carbonyl (C=O) groups is 1. The number of non-ortho nitro benzene ring substituents is 1. The summed E-state index contributed by atoms with van der Waals surface area (Å²) in [5.74, 6) is 0.0354. The van der Waals surface area contributed by atoms with E-state index < -0.39 is 4.92 Å². The molecule has 3 rings (SSSR count). The first-order valence-corrected chi connectivity index (χ1v) is 6.80. The fourth-order valence-electron chi connectivity index (χ4n) is 2.99. The Hall–Kier alpha value is -1.79. The van der Waals surface area contributed by atoms with Crippen molar-refractivity contribution in [3.8, 4) is 0 Å². The number of nitrogens with zero attached hydrogens (tertiary/aromatic N) is 3. The number of carbonyl (C=O) groups excluding carboxylic acids is 1. The van der Waals surface area contributed by atoms with Gasteiger partial charge in [0, 0.05) is 43.9 Å². The van der Waals surface area contributed by atoms with Crippen LogP contribution in [0.25, 0.3) is 0 Å². The van der Waals surface area contributed by atoms with Crippen LogP contribution >= 0.6 is 0 Å². The normalized spacial score (nSPS) is 23.9. The van der Waals surface area contributed by atoms with E-state index in [1.807, 2.05) is 0 Å². The number of Topliss-reactive ketones (excluding diaryl/α,β-unsaturated/α-hetero) is 1. The summed E-state index contributed by atoms with van der Waals surface area (Å²) in [5.41, 5.74) is 1.46. The van der Waals surface area contributed by atoms with Crippen LogP contribution in [0.15, 0.2) is 18.2 Å². The monoisotopic (exact) mass is 275 g/mol. The van der Waals surface area contributed by atoms with Gasteiger partial charge < -0.3 is 4.90 Å². The van der Waals surface area contributed by atoms with Gasteiger partial charge in [0.15, 0.2) is 5.78 Å². The zero-order valence-electron chi connectivity index (χ0n) is 11.4. The number of fused-ring (bicyclic) bond motifs is 1.